The lowest BCUT2D eigenvalue weighted by Gasteiger charge is -2.38. The van der Waals surface area contributed by atoms with Gasteiger partial charge in [0.25, 0.3) is 0 Å². The highest BCUT2D eigenvalue weighted by molar-refractivity contribution is 5.79. The smallest absolute Gasteiger partial charge is 0.193 e. The second kappa shape index (κ2) is 9.01. The van der Waals surface area contributed by atoms with Crippen LogP contribution in [-0.2, 0) is 6.54 Å². The average Bonchev–Trinajstić information content (AvgIpc) is 2.58. The maximum Gasteiger partial charge on any atom is 0.193 e. The fourth-order valence-electron chi connectivity index (χ4n) is 3.07. The molecule has 1 saturated heterocycles. The van der Waals surface area contributed by atoms with Crippen LogP contribution >= 0.6 is 0 Å². The molecule has 0 spiro atoms. The van der Waals surface area contributed by atoms with Gasteiger partial charge < -0.3 is 19.9 Å². The van der Waals surface area contributed by atoms with Gasteiger partial charge in [-0.15, -0.1) is 0 Å². The first-order valence-corrected chi connectivity index (χ1v) is 8.57. The Balaban J connectivity index is 1.92. The number of ether oxygens (including phenoxy) is 1. The van der Waals surface area contributed by atoms with Crippen LogP contribution in [0.4, 0.5) is 4.39 Å². The predicted octanol–water partition coefficient (Wildman–Crippen LogP) is 1.09. The molecule has 0 aliphatic carbocycles. The summed E-state index contributed by atoms with van der Waals surface area (Å²) in [7, 11) is 9.50. The highest BCUT2D eigenvalue weighted by Crippen LogP contribution is 2.18. The van der Waals surface area contributed by atoms with Crippen LogP contribution in [0.2, 0.25) is 0 Å². The van der Waals surface area contributed by atoms with Gasteiger partial charge in [-0.2, -0.15) is 0 Å². The monoisotopic (exact) mass is 351 g/mol. The molecule has 25 heavy (non-hydrogen) atoms. The Morgan fingerprint density at radius 3 is 2.80 bits per heavy atom. The molecule has 1 heterocycles. The van der Waals surface area contributed by atoms with E-state index in [1.54, 1.807) is 13.1 Å². The van der Waals surface area contributed by atoms with E-state index in [-0.39, 0.29) is 11.6 Å². The molecule has 0 amide bonds. The molecule has 1 aliphatic rings. The zero-order valence-electron chi connectivity index (χ0n) is 15.9. The number of methoxy groups -OCH3 is 1. The van der Waals surface area contributed by atoms with Crippen molar-refractivity contribution < 1.29 is 9.13 Å². The van der Waals surface area contributed by atoms with E-state index in [2.05, 4.69) is 34.2 Å². The Morgan fingerprint density at radius 2 is 2.16 bits per heavy atom. The van der Waals surface area contributed by atoms with E-state index in [1.165, 1.54) is 13.2 Å². The van der Waals surface area contributed by atoms with Crippen LogP contribution in [0.5, 0.6) is 5.75 Å². The maximum atomic E-state index is 13.9. The highest BCUT2D eigenvalue weighted by atomic mass is 19.1. The highest BCUT2D eigenvalue weighted by Gasteiger charge is 2.22. The van der Waals surface area contributed by atoms with Gasteiger partial charge in [0.15, 0.2) is 17.5 Å². The number of hydrogen-bond acceptors (Lipinski definition) is 4. The molecule has 1 atom stereocenters. The second-order valence-corrected chi connectivity index (χ2v) is 6.65. The van der Waals surface area contributed by atoms with Crippen LogP contribution in [0, 0.1) is 5.82 Å². The van der Waals surface area contributed by atoms with Crippen molar-refractivity contribution in [2.45, 2.75) is 12.6 Å². The third kappa shape index (κ3) is 5.31. The van der Waals surface area contributed by atoms with Gasteiger partial charge in [0.05, 0.1) is 7.11 Å². The number of benzene rings is 1. The number of rotatable bonds is 5. The SMILES string of the molecule is CN=C(NCC1CN(C)CCN1C)N(C)Cc1ccc(OC)c(F)c1. The summed E-state index contributed by atoms with van der Waals surface area (Å²) in [5.74, 6) is 0.722. The summed E-state index contributed by atoms with van der Waals surface area (Å²) in [5.41, 5.74) is 0.873. The fourth-order valence-corrected chi connectivity index (χ4v) is 3.07. The van der Waals surface area contributed by atoms with Crippen molar-refractivity contribution in [1.82, 2.24) is 20.0 Å². The molecule has 0 bridgehead atoms. The first-order valence-electron chi connectivity index (χ1n) is 8.57. The Morgan fingerprint density at radius 1 is 1.40 bits per heavy atom. The van der Waals surface area contributed by atoms with Crippen LogP contribution in [-0.4, -0.2) is 88.2 Å². The largest absolute Gasteiger partial charge is 0.494 e. The molecule has 6 nitrogen and oxygen atoms in total. The summed E-state index contributed by atoms with van der Waals surface area (Å²) in [6, 6.07) is 5.48. The molecular weight excluding hydrogens is 321 g/mol. The van der Waals surface area contributed by atoms with Crippen molar-refractivity contribution in [3.8, 4) is 5.75 Å². The third-order valence-corrected chi connectivity index (χ3v) is 4.69. The molecule has 1 aliphatic heterocycles. The van der Waals surface area contributed by atoms with Gasteiger partial charge in [0.1, 0.15) is 0 Å². The minimum absolute atomic E-state index is 0.262. The number of nitrogens with zero attached hydrogens (tertiary/aromatic N) is 4. The Bertz CT molecular complexity index is 595. The molecular formula is C18H30FN5O. The van der Waals surface area contributed by atoms with Gasteiger partial charge in [-0.1, -0.05) is 6.07 Å². The Hall–Kier alpha value is -1.86. The standard InChI is InChI=1S/C18H30FN5O/c1-20-18(21-11-15-13-22(2)8-9-23(15)3)24(4)12-14-6-7-17(25-5)16(19)10-14/h6-7,10,15H,8-9,11-13H2,1-5H3,(H,20,21). The zero-order valence-corrected chi connectivity index (χ0v) is 15.9. The van der Waals surface area contributed by atoms with Gasteiger partial charge in [-0.3, -0.25) is 9.89 Å². The van der Waals surface area contributed by atoms with Gasteiger partial charge in [0, 0.05) is 52.9 Å². The van der Waals surface area contributed by atoms with Crippen LogP contribution < -0.4 is 10.1 Å². The van der Waals surface area contributed by atoms with Gasteiger partial charge in [-0.25, -0.2) is 4.39 Å². The first kappa shape index (κ1) is 19.5. The zero-order chi connectivity index (χ0) is 18.4. The first-order chi connectivity index (χ1) is 11.9. The second-order valence-electron chi connectivity index (χ2n) is 6.65. The molecule has 1 unspecified atom stereocenters. The van der Waals surface area contributed by atoms with E-state index >= 15 is 0 Å². The van der Waals surface area contributed by atoms with Crippen molar-refractivity contribution in [3.05, 3.63) is 29.6 Å². The topological polar surface area (TPSA) is 43.3 Å². The lowest BCUT2D eigenvalue weighted by atomic mass is 10.2. The van der Waals surface area contributed by atoms with Crippen molar-refractivity contribution in [3.63, 3.8) is 0 Å². The van der Waals surface area contributed by atoms with E-state index in [0.717, 1.165) is 37.7 Å². The minimum Gasteiger partial charge on any atom is -0.494 e. The number of halogens is 1. The fraction of sp³-hybridized carbons (Fsp3) is 0.611. The van der Waals surface area contributed by atoms with Crippen molar-refractivity contribution in [2.75, 3.05) is 61.5 Å². The summed E-state index contributed by atoms with van der Waals surface area (Å²) in [4.78, 5) is 11.1. The quantitative estimate of drug-likeness (QED) is 0.635. The number of piperazine rings is 1. The van der Waals surface area contributed by atoms with E-state index in [9.17, 15) is 4.39 Å². The predicted molar refractivity (Wildman–Crippen MR) is 99.7 cm³/mol. The van der Waals surface area contributed by atoms with Gasteiger partial charge in [-0.05, 0) is 31.8 Å². The van der Waals surface area contributed by atoms with E-state index in [4.69, 9.17) is 4.74 Å². The minimum atomic E-state index is -0.344. The van der Waals surface area contributed by atoms with Crippen LogP contribution in [0.25, 0.3) is 0 Å². The molecule has 0 aromatic heterocycles. The number of nitrogens with one attached hydrogen (secondary N) is 1. The molecule has 1 fully saturated rings. The van der Waals surface area contributed by atoms with Crippen molar-refractivity contribution in [1.29, 1.82) is 0 Å². The molecule has 2 rings (SSSR count). The van der Waals surface area contributed by atoms with E-state index in [0.29, 0.717) is 12.6 Å². The summed E-state index contributed by atoms with van der Waals surface area (Å²) in [6.07, 6.45) is 0. The van der Waals surface area contributed by atoms with E-state index < -0.39 is 0 Å². The van der Waals surface area contributed by atoms with Crippen molar-refractivity contribution >= 4 is 5.96 Å². The average molecular weight is 351 g/mol. The van der Waals surface area contributed by atoms with Gasteiger partial charge in [0.2, 0.25) is 0 Å². The Kier molecular flexibility index (Phi) is 7.01. The lowest BCUT2D eigenvalue weighted by Crippen LogP contribution is -2.55. The molecule has 0 saturated carbocycles. The molecule has 7 heteroatoms. The van der Waals surface area contributed by atoms with E-state index in [1.807, 2.05) is 18.0 Å². The number of hydrogen-bond donors (Lipinski definition) is 1. The third-order valence-electron chi connectivity index (χ3n) is 4.69. The molecule has 1 aromatic rings. The lowest BCUT2D eigenvalue weighted by molar-refractivity contribution is 0.116. The van der Waals surface area contributed by atoms with Crippen LogP contribution in [0.1, 0.15) is 5.56 Å². The normalized spacial score (nSPS) is 19.8. The summed E-state index contributed by atoms with van der Waals surface area (Å²) >= 11 is 0. The summed E-state index contributed by atoms with van der Waals surface area (Å²) in [6.45, 7) is 4.61. The molecule has 1 aromatic carbocycles. The summed E-state index contributed by atoms with van der Waals surface area (Å²) in [5, 5.41) is 3.44. The molecule has 140 valence electrons. The number of likely N-dealkylation sites (N-methyl/N-ethyl adjacent to an activating group) is 2. The van der Waals surface area contributed by atoms with Crippen LogP contribution in [0.15, 0.2) is 23.2 Å². The van der Waals surface area contributed by atoms with Crippen molar-refractivity contribution in [2.24, 2.45) is 4.99 Å². The maximum absolute atomic E-state index is 13.9. The summed E-state index contributed by atoms with van der Waals surface area (Å²) < 4.78 is 18.8. The van der Waals surface area contributed by atoms with Gasteiger partial charge >= 0.3 is 0 Å². The van der Waals surface area contributed by atoms with Crippen LogP contribution in [0.3, 0.4) is 0 Å². The molecule has 1 N–H and O–H groups in total. The number of aliphatic imine (C=N–C) groups is 1. The number of guanidine groups is 1. The molecule has 0 radical (unpaired) electrons. The Labute approximate surface area is 150 Å².